The molecule has 122 valence electrons. The standard InChI is InChI=1S/C18H17N3OS2/c22-17-12-20(8-9-21(17)15-5-2-1-3-6-15)11-14-13-24-18(19-14)16-7-4-10-23-16/h1-7,10,13H,8-9,11-12H2. The van der Waals surface area contributed by atoms with Crippen LogP contribution in [0.4, 0.5) is 5.69 Å². The van der Waals surface area contributed by atoms with Crippen LogP contribution in [0.15, 0.2) is 53.2 Å². The molecule has 0 unspecified atom stereocenters. The van der Waals surface area contributed by atoms with Crippen molar-refractivity contribution < 1.29 is 4.79 Å². The summed E-state index contributed by atoms with van der Waals surface area (Å²) in [5.74, 6) is 0.154. The number of carbonyl (C=O) groups is 1. The van der Waals surface area contributed by atoms with E-state index in [-0.39, 0.29) is 5.91 Å². The second kappa shape index (κ2) is 6.84. The van der Waals surface area contributed by atoms with Crippen molar-refractivity contribution >= 4 is 34.3 Å². The van der Waals surface area contributed by atoms with Crippen LogP contribution in [0.3, 0.4) is 0 Å². The van der Waals surface area contributed by atoms with Crippen LogP contribution < -0.4 is 4.90 Å². The summed E-state index contributed by atoms with van der Waals surface area (Å²) in [7, 11) is 0. The Labute approximate surface area is 149 Å². The van der Waals surface area contributed by atoms with Crippen molar-refractivity contribution in [1.29, 1.82) is 0 Å². The summed E-state index contributed by atoms with van der Waals surface area (Å²) >= 11 is 3.38. The molecule has 24 heavy (non-hydrogen) atoms. The number of amides is 1. The number of anilines is 1. The number of hydrogen-bond acceptors (Lipinski definition) is 5. The molecule has 1 fully saturated rings. The molecule has 6 heteroatoms. The fourth-order valence-corrected chi connectivity index (χ4v) is 4.49. The van der Waals surface area contributed by atoms with Crippen LogP contribution in [0.2, 0.25) is 0 Å². The summed E-state index contributed by atoms with van der Waals surface area (Å²) in [6.45, 7) is 2.77. The molecule has 0 N–H and O–H groups in total. The molecule has 3 heterocycles. The van der Waals surface area contributed by atoms with Gasteiger partial charge in [-0.1, -0.05) is 24.3 Å². The summed E-state index contributed by atoms with van der Waals surface area (Å²) in [4.78, 5) is 22.4. The molecule has 0 bridgehead atoms. The van der Waals surface area contributed by atoms with Crippen molar-refractivity contribution in [3.8, 4) is 9.88 Å². The van der Waals surface area contributed by atoms with Gasteiger partial charge in [-0.3, -0.25) is 9.69 Å². The van der Waals surface area contributed by atoms with Gasteiger partial charge in [0, 0.05) is 30.7 Å². The molecule has 0 aliphatic carbocycles. The molecule has 0 spiro atoms. The Morgan fingerprint density at radius 2 is 1.92 bits per heavy atom. The molecule has 1 amide bonds. The van der Waals surface area contributed by atoms with Gasteiger partial charge in [0.2, 0.25) is 5.91 Å². The largest absolute Gasteiger partial charge is 0.310 e. The second-order valence-electron chi connectivity index (χ2n) is 5.71. The van der Waals surface area contributed by atoms with Crippen LogP contribution in [0, 0.1) is 0 Å². The Morgan fingerprint density at radius 1 is 1.04 bits per heavy atom. The van der Waals surface area contributed by atoms with Crippen molar-refractivity contribution in [2.24, 2.45) is 0 Å². The number of para-hydroxylation sites is 1. The maximum absolute atomic E-state index is 12.5. The molecule has 1 aliphatic heterocycles. The van der Waals surface area contributed by atoms with Gasteiger partial charge in [0.05, 0.1) is 17.1 Å². The summed E-state index contributed by atoms with van der Waals surface area (Å²) in [5.41, 5.74) is 2.03. The average Bonchev–Trinajstić information content (AvgIpc) is 3.27. The van der Waals surface area contributed by atoms with Crippen molar-refractivity contribution in [3.63, 3.8) is 0 Å². The molecule has 3 aromatic rings. The summed E-state index contributed by atoms with van der Waals surface area (Å²) in [6, 6.07) is 14.0. The van der Waals surface area contributed by atoms with E-state index in [1.807, 2.05) is 41.3 Å². The van der Waals surface area contributed by atoms with E-state index in [0.29, 0.717) is 6.54 Å². The topological polar surface area (TPSA) is 36.4 Å². The van der Waals surface area contributed by atoms with Gasteiger partial charge < -0.3 is 4.90 Å². The molecule has 0 radical (unpaired) electrons. The first-order chi connectivity index (χ1) is 11.8. The highest BCUT2D eigenvalue weighted by molar-refractivity contribution is 7.20. The minimum Gasteiger partial charge on any atom is -0.310 e. The van der Waals surface area contributed by atoms with Crippen LogP contribution in [-0.4, -0.2) is 35.4 Å². The molecule has 1 saturated heterocycles. The smallest absolute Gasteiger partial charge is 0.241 e. The predicted octanol–water partition coefficient (Wildman–Crippen LogP) is 3.72. The van der Waals surface area contributed by atoms with E-state index in [1.54, 1.807) is 22.7 Å². The number of carbonyl (C=O) groups excluding carboxylic acids is 1. The minimum atomic E-state index is 0.154. The second-order valence-corrected chi connectivity index (χ2v) is 7.52. The van der Waals surface area contributed by atoms with Crippen LogP contribution in [0.1, 0.15) is 5.69 Å². The normalized spacial score (nSPS) is 15.8. The summed E-state index contributed by atoms with van der Waals surface area (Å²) in [5, 5.41) is 5.23. The Bertz CT molecular complexity index is 814. The number of rotatable bonds is 4. The monoisotopic (exact) mass is 355 g/mol. The molecule has 0 saturated carbocycles. The molecule has 1 aliphatic rings. The highest BCUT2D eigenvalue weighted by Crippen LogP contribution is 2.28. The first kappa shape index (κ1) is 15.5. The van der Waals surface area contributed by atoms with Crippen molar-refractivity contribution in [2.75, 3.05) is 24.5 Å². The quantitative estimate of drug-likeness (QED) is 0.716. The van der Waals surface area contributed by atoms with E-state index < -0.39 is 0 Å². The van der Waals surface area contributed by atoms with Crippen molar-refractivity contribution in [1.82, 2.24) is 9.88 Å². The average molecular weight is 355 g/mol. The van der Waals surface area contributed by atoms with E-state index in [1.165, 1.54) is 4.88 Å². The van der Waals surface area contributed by atoms with Gasteiger partial charge in [0.15, 0.2) is 0 Å². The number of aromatic nitrogens is 1. The minimum absolute atomic E-state index is 0.154. The van der Waals surface area contributed by atoms with E-state index in [4.69, 9.17) is 4.98 Å². The zero-order valence-electron chi connectivity index (χ0n) is 13.1. The van der Waals surface area contributed by atoms with E-state index in [9.17, 15) is 4.79 Å². The number of thiazole rings is 1. The molecular weight excluding hydrogens is 338 g/mol. The zero-order chi connectivity index (χ0) is 16.4. The number of thiophene rings is 1. The van der Waals surface area contributed by atoms with Crippen molar-refractivity contribution in [2.45, 2.75) is 6.54 Å². The highest BCUT2D eigenvalue weighted by atomic mass is 32.1. The Balaban J connectivity index is 1.40. The van der Waals surface area contributed by atoms with Crippen LogP contribution in [0.25, 0.3) is 9.88 Å². The third-order valence-electron chi connectivity index (χ3n) is 4.04. The Kier molecular flexibility index (Phi) is 4.42. The van der Waals surface area contributed by atoms with Crippen LogP contribution >= 0.6 is 22.7 Å². The van der Waals surface area contributed by atoms with Gasteiger partial charge >= 0.3 is 0 Å². The number of nitrogens with zero attached hydrogens (tertiary/aromatic N) is 3. The fraction of sp³-hybridized carbons (Fsp3) is 0.222. The maximum atomic E-state index is 12.5. The maximum Gasteiger partial charge on any atom is 0.241 e. The van der Waals surface area contributed by atoms with Gasteiger partial charge in [-0.25, -0.2) is 4.98 Å². The van der Waals surface area contributed by atoms with Crippen LogP contribution in [-0.2, 0) is 11.3 Å². The first-order valence-corrected chi connectivity index (χ1v) is 9.61. The Morgan fingerprint density at radius 3 is 2.67 bits per heavy atom. The number of piperazine rings is 1. The Hall–Kier alpha value is -2.02. The lowest BCUT2D eigenvalue weighted by Crippen LogP contribution is -2.50. The SMILES string of the molecule is O=C1CN(Cc2csc(-c3cccs3)n2)CCN1c1ccccc1. The first-order valence-electron chi connectivity index (χ1n) is 7.85. The molecule has 0 atom stereocenters. The third-order valence-corrected chi connectivity index (χ3v) is 5.97. The number of benzene rings is 1. The molecular formula is C18H17N3OS2. The van der Waals surface area contributed by atoms with E-state index >= 15 is 0 Å². The molecule has 4 nitrogen and oxygen atoms in total. The molecule has 4 rings (SSSR count). The zero-order valence-corrected chi connectivity index (χ0v) is 14.7. The van der Waals surface area contributed by atoms with Gasteiger partial charge in [0.1, 0.15) is 5.01 Å². The lowest BCUT2D eigenvalue weighted by atomic mass is 10.2. The van der Waals surface area contributed by atoms with Crippen LogP contribution in [0.5, 0.6) is 0 Å². The lowest BCUT2D eigenvalue weighted by Gasteiger charge is -2.33. The van der Waals surface area contributed by atoms with Gasteiger partial charge in [-0.15, -0.1) is 22.7 Å². The highest BCUT2D eigenvalue weighted by Gasteiger charge is 2.25. The van der Waals surface area contributed by atoms with Gasteiger partial charge in [-0.2, -0.15) is 0 Å². The molecule has 2 aromatic heterocycles. The molecule has 1 aromatic carbocycles. The van der Waals surface area contributed by atoms with E-state index in [0.717, 1.165) is 36.0 Å². The van der Waals surface area contributed by atoms with E-state index in [2.05, 4.69) is 21.7 Å². The summed E-state index contributed by atoms with van der Waals surface area (Å²) < 4.78 is 0. The lowest BCUT2D eigenvalue weighted by molar-refractivity contribution is -0.121. The van der Waals surface area contributed by atoms with Crippen molar-refractivity contribution in [3.05, 3.63) is 58.9 Å². The van der Waals surface area contributed by atoms with Gasteiger partial charge in [-0.05, 0) is 23.6 Å². The summed E-state index contributed by atoms with van der Waals surface area (Å²) in [6.07, 6.45) is 0. The van der Waals surface area contributed by atoms with Gasteiger partial charge in [0.25, 0.3) is 0 Å². The third kappa shape index (κ3) is 3.26. The number of hydrogen-bond donors (Lipinski definition) is 0. The predicted molar refractivity (Wildman–Crippen MR) is 99.5 cm³/mol. The fourth-order valence-electron chi connectivity index (χ4n) is 2.86.